The van der Waals surface area contributed by atoms with Crippen molar-refractivity contribution in [3.63, 3.8) is 0 Å². The molecule has 0 spiro atoms. The van der Waals surface area contributed by atoms with E-state index in [9.17, 15) is 4.79 Å². The van der Waals surface area contributed by atoms with Gasteiger partial charge in [-0.3, -0.25) is 4.79 Å². The Hall–Kier alpha value is -2.34. The van der Waals surface area contributed by atoms with Crippen molar-refractivity contribution in [1.82, 2.24) is 9.88 Å². The van der Waals surface area contributed by atoms with Gasteiger partial charge in [0.2, 0.25) is 0 Å². The molecule has 5 nitrogen and oxygen atoms in total. The molecule has 1 amide bonds. The lowest BCUT2D eigenvalue weighted by atomic mass is 9.99. The van der Waals surface area contributed by atoms with Crippen LogP contribution in [-0.2, 0) is 0 Å². The van der Waals surface area contributed by atoms with Gasteiger partial charge in [-0.1, -0.05) is 6.92 Å². The first kappa shape index (κ1) is 17.1. The number of aromatic nitrogens is 1. The highest BCUT2D eigenvalue weighted by Gasteiger charge is 2.25. The van der Waals surface area contributed by atoms with Crippen LogP contribution in [0.1, 0.15) is 36.4 Å². The maximum absolute atomic E-state index is 12.9. The Kier molecular flexibility index (Phi) is 4.44. The lowest BCUT2D eigenvalue weighted by Gasteiger charge is -2.30. The summed E-state index contributed by atoms with van der Waals surface area (Å²) in [4.78, 5) is 21.0. The van der Waals surface area contributed by atoms with Crippen molar-refractivity contribution in [3.8, 4) is 5.75 Å². The van der Waals surface area contributed by atoms with E-state index in [4.69, 9.17) is 15.5 Å². The number of nitrogens with zero attached hydrogens (tertiary/aromatic N) is 2. The third kappa shape index (κ3) is 2.98. The van der Waals surface area contributed by atoms with E-state index in [1.165, 1.54) is 11.3 Å². The van der Waals surface area contributed by atoms with Crippen molar-refractivity contribution in [1.29, 1.82) is 0 Å². The Morgan fingerprint density at radius 3 is 2.85 bits per heavy atom. The molecule has 2 aromatic heterocycles. The normalized spacial score (nSPS) is 15.7. The largest absolute Gasteiger partial charge is 0.494 e. The molecule has 1 aromatic carbocycles. The average Bonchev–Trinajstić information content (AvgIpc) is 2.96. The zero-order valence-corrected chi connectivity index (χ0v) is 15.9. The first-order chi connectivity index (χ1) is 12.6. The molecule has 136 valence electrons. The first-order valence-corrected chi connectivity index (χ1v) is 9.93. The summed E-state index contributed by atoms with van der Waals surface area (Å²) in [5, 5.41) is 1.86. The van der Waals surface area contributed by atoms with Crippen LogP contribution in [0.15, 0.2) is 24.3 Å². The number of likely N-dealkylation sites (tertiary alicyclic amines) is 1. The molecular formula is C20H23N3O2S. The summed E-state index contributed by atoms with van der Waals surface area (Å²) < 4.78 is 5.56. The Morgan fingerprint density at radius 2 is 2.12 bits per heavy atom. The summed E-state index contributed by atoms with van der Waals surface area (Å²) in [6.45, 7) is 6.43. The highest BCUT2D eigenvalue weighted by molar-refractivity contribution is 7.21. The highest BCUT2D eigenvalue weighted by Crippen LogP contribution is 2.36. The standard InChI is InChI=1S/C20H23N3O2S/c1-3-25-14-5-4-13-10-15-17(21)18(26-19(15)22-16(13)11-14)20(24)23-8-6-12(2)7-9-23/h4-5,10-12H,3,6-9,21H2,1-2H3. The minimum absolute atomic E-state index is 0.0384. The summed E-state index contributed by atoms with van der Waals surface area (Å²) in [6.07, 6.45) is 2.11. The van der Waals surface area contributed by atoms with Crippen LogP contribution >= 0.6 is 11.3 Å². The fourth-order valence-electron chi connectivity index (χ4n) is 3.44. The molecule has 1 aliphatic heterocycles. The fraction of sp³-hybridized carbons (Fsp3) is 0.400. The third-order valence-electron chi connectivity index (χ3n) is 5.06. The van der Waals surface area contributed by atoms with Gasteiger partial charge in [-0.05, 0) is 43.9 Å². The average molecular weight is 369 g/mol. The number of amides is 1. The van der Waals surface area contributed by atoms with Crippen LogP contribution in [0.25, 0.3) is 21.1 Å². The van der Waals surface area contributed by atoms with Gasteiger partial charge in [-0.25, -0.2) is 4.98 Å². The molecule has 3 aromatic rings. The highest BCUT2D eigenvalue weighted by atomic mass is 32.1. The summed E-state index contributed by atoms with van der Waals surface area (Å²) in [5.41, 5.74) is 7.75. The number of nitrogen functional groups attached to an aromatic ring is 1. The Bertz CT molecular complexity index is 974. The minimum Gasteiger partial charge on any atom is -0.494 e. The van der Waals surface area contributed by atoms with E-state index in [1.54, 1.807) is 0 Å². The van der Waals surface area contributed by atoms with Gasteiger partial charge in [0.05, 0.1) is 17.8 Å². The van der Waals surface area contributed by atoms with Gasteiger partial charge in [-0.2, -0.15) is 0 Å². The first-order valence-electron chi connectivity index (χ1n) is 9.11. The van der Waals surface area contributed by atoms with Gasteiger partial charge in [0.15, 0.2) is 0 Å². The predicted octanol–water partition coefficient (Wildman–Crippen LogP) is 4.30. The van der Waals surface area contributed by atoms with Crippen molar-refractivity contribution in [3.05, 3.63) is 29.1 Å². The summed E-state index contributed by atoms with van der Waals surface area (Å²) in [5.74, 6) is 1.52. The summed E-state index contributed by atoms with van der Waals surface area (Å²) in [7, 11) is 0. The fourth-order valence-corrected chi connectivity index (χ4v) is 4.50. The number of thiophene rings is 1. The molecule has 4 rings (SSSR count). The molecule has 0 aliphatic carbocycles. The van der Waals surface area contributed by atoms with Crippen LogP contribution < -0.4 is 10.5 Å². The number of nitrogens with two attached hydrogens (primary N) is 1. The zero-order chi connectivity index (χ0) is 18.3. The van der Waals surface area contributed by atoms with Crippen LogP contribution in [0.5, 0.6) is 5.75 Å². The van der Waals surface area contributed by atoms with Crippen LogP contribution in [-0.4, -0.2) is 35.5 Å². The smallest absolute Gasteiger partial charge is 0.266 e. The molecule has 0 bridgehead atoms. The lowest BCUT2D eigenvalue weighted by Crippen LogP contribution is -2.37. The number of carbonyl (C=O) groups is 1. The van der Waals surface area contributed by atoms with Crippen LogP contribution in [0.4, 0.5) is 5.69 Å². The van der Waals surface area contributed by atoms with E-state index in [1.807, 2.05) is 36.1 Å². The van der Waals surface area contributed by atoms with Gasteiger partial charge >= 0.3 is 0 Å². The number of hydrogen-bond acceptors (Lipinski definition) is 5. The number of hydrogen-bond donors (Lipinski definition) is 1. The molecule has 6 heteroatoms. The van der Waals surface area contributed by atoms with E-state index in [2.05, 4.69) is 6.92 Å². The van der Waals surface area contributed by atoms with Crippen molar-refractivity contribution in [2.45, 2.75) is 26.7 Å². The molecule has 1 fully saturated rings. The number of benzene rings is 1. The van der Waals surface area contributed by atoms with E-state index in [-0.39, 0.29) is 5.91 Å². The van der Waals surface area contributed by atoms with Gasteiger partial charge in [0.25, 0.3) is 5.91 Å². The van der Waals surface area contributed by atoms with E-state index in [0.29, 0.717) is 23.1 Å². The van der Waals surface area contributed by atoms with E-state index >= 15 is 0 Å². The number of fused-ring (bicyclic) bond motifs is 2. The Balaban J connectivity index is 1.73. The van der Waals surface area contributed by atoms with Crippen LogP contribution in [0.3, 0.4) is 0 Å². The van der Waals surface area contributed by atoms with E-state index < -0.39 is 0 Å². The van der Waals surface area contributed by atoms with Crippen molar-refractivity contribution >= 4 is 44.1 Å². The zero-order valence-electron chi connectivity index (χ0n) is 15.1. The summed E-state index contributed by atoms with van der Waals surface area (Å²) in [6, 6.07) is 7.87. The minimum atomic E-state index is 0.0384. The molecule has 2 N–H and O–H groups in total. The van der Waals surface area contributed by atoms with Gasteiger partial charge < -0.3 is 15.4 Å². The molecule has 1 aliphatic rings. The second-order valence-corrected chi connectivity index (χ2v) is 7.95. The van der Waals surface area contributed by atoms with Gasteiger partial charge in [0, 0.05) is 29.9 Å². The predicted molar refractivity (Wildman–Crippen MR) is 107 cm³/mol. The topological polar surface area (TPSA) is 68.5 Å². The lowest BCUT2D eigenvalue weighted by molar-refractivity contribution is 0.0703. The Labute approximate surface area is 156 Å². The maximum atomic E-state index is 12.9. The number of pyridine rings is 1. The Morgan fingerprint density at radius 1 is 1.35 bits per heavy atom. The second-order valence-electron chi connectivity index (χ2n) is 6.95. The molecule has 0 saturated carbocycles. The SMILES string of the molecule is CCOc1ccc2cc3c(N)c(C(=O)N4CCC(C)CC4)sc3nc2c1. The number of carbonyl (C=O) groups excluding carboxylic acids is 1. The van der Waals surface area contributed by atoms with Gasteiger partial charge in [-0.15, -0.1) is 11.3 Å². The summed E-state index contributed by atoms with van der Waals surface area (Å²) >= 11 is 1.39. The van der Waals surface area contributed by atoms with Crippen molar-refractivity contribution in [2.75, 3.05) is 25.4 Å². The third-order valence-corrected chi connectivity index (χ3v) is 6.17. The molecule has 26 heavy (non-hydrogen) atoms. The van der Waals surface area contributed by atoms with Gasteiger partial charge in [0.1, 0.15) is 15.5 Å². The number of piperidine rings is 1. The van der Waals surface area contributed by atoms with Crippen LogP contribution in [0.2, 0.25) is 0 Å². The second kappa shape index (κ2) is 6.76. The molecule has 0 radical (unpaired) electrons. The van der Waals surface area contributed by atoms with Crippen molar-refractivity contribution < 1.29 is 9.53 Å². The molecular weight excluding hydrogens is 346 g/mol. The number of anilines is 1. The maximum Gasteiger partial charge on any atom is 0.266 e. The van der Waals surface area contributed by atoms with Crippen molar-refractivity contribution in [2.24, 2.45) is 5.92 Å². The quantitative estimate of drug-likeness (QED) is 0.747. The van der Waals surface area contributed by atoms with Crippen LogP contribution in [0, 0.1) is 5.92 Å². The molecule has 1 saturated heterocycles. The molecule has 3 heterocycles. The molecule has 0 atom stereocenters. The number of ether oxygens (including phenoxy) is 1. The molecule has 0 unspecified atom stereocenters. The van der Waals surface area contributed by atoms with E-state index in [0.717, 1.165) is 52.8 Å². The number of rotatable bonds is 3. The monoisotopic (exact) mass is 369 g/mol.